The highest BCUT2D eigenvalue weighted by Crippen LogP contribution is 2.30. The van der Waals surface area contributed by atoms with Gasteiger partial charge in [-0.3, -0.25) is 9.78 Å². The van der Waals surface area contributed by atoms with Crippen molar-refractivity contribution in [3.05, 3.63) is 70.9 Å². The second-order valence-electron chi connectivity index (χ2n) is 6.64. The zero-order chi connectivity index (χ0) is 17.2. The first kappa shape index (κ1) is 15.8. The summed E-state index contributed by atoms with van der Waals surface area (Å²) in [6.45, 7) is 2.12. The van der Waals surface area contributed by atoms with Crippen LogP contribution in [-0.2, 0) is 19.3 Å². The van der Waals surface area contributed by atoms with E-state index in [1.54, 1.807) is 0 Å². The molecule has 1 aliphatic rings. The lowest BCUT2D eigenvalue weighted by Crippen LogP contribution is -2.19. The molecule has 1 aromatic heterocycles. The molecular formula is C22H22N2O. The van der Waals surface area contributed by atoms with Crippen molar-refractivity contribution in [1.29, 1.82) is 0 Å². The summed E-state index contributed by atoms with van der Waals surface area (Å²) in [5.41, 5.74) is 6.03. The Morgan fingerprint density at radius 3 is 2.80 bits per heavy atom. The van der Waals surface area contributed by atoms with Gasteiger partial charge in [0, 0.05) is 16.8 Å². The maximum Gasteiger partial charge on any atom is 0.256 e. The van der Waals surface area contributed by atoms with Gasteiger partial charge < -0.3 is 5.32 Å². The minimum atomic E-state index is -0.0231. The molecule has 0 bridgehead atoms. The number of para-hydroxylation sites is 1. The standard InChI is InChI=1S/C22H22N2O/c1-2-15-8-7-9-16(14-15)23-22(25)21-17-10-3-5-12-19(17)24-20-13-6-4-11-18(20)21/h3,5,7-10,12,14H,2,4,6,11,13H2,1H3,(H,23,25). The number of aromatic nitrogens is 1. The Hall–Kier alpha value is -2.68. The molecule has 0 saturated heterocycles. The number of anilines is 1. The third-order valence-electron chi connectivity index (χ3n) is 4.99. The van der Waals surface area contributed by atoms with Crippen molar-refractivity contribution in [1.82, 2.24) is 4.98 Å². The largest absolute Gasteiger partial charge is 0.322 e. The van der Waals surface area contributed by atoms with E-state index in [2.05, 4.69) is 18.3 Å². The minimum absolute atomic E-state index is 0.0231. The molecule has 0 unspecified atom stereocenters. The first-order chi connectivity index (χ1) is 12.3. The van der Waals surface area contributed by atoms with E-state index < -0.39 is 0 Å². The van der Waals surface area contributed by atoms with Crippen LogP contribution in [0.1, 0.15) is 46.9 Å². The molecule has 1 amide bonds. The van der Waals surface area contributed by atoms with Gasteiger partial charge in [0.25, 0.3) is 5.91 Å². The monoisotopic (exact) mass is 330 g/mol. The molecule has 0 saturated carbocycles. The van der Waals surface area contributed by atoms with Crippen molar-refractivity contribution in [2.75, 3.05) is 5.32 Å². The van der Waals surface area contributed by atoms with E-state index >= 15 is 0 Å². The Morgan fingerprint density at radius 1 is 1.08 bits per heavy atom. The van der Waals surface area contributed by atoms with Gasteiger partial charge in [0.15, 0.2) is 0 Å². The van der Waals surface area contributed by atoms with Crippen LogP contribution in [0.3, 0.4) is 0 Å². The summed E-state index contributed by atoms with van der Waals surface area (Å²) in [4.78, 5) is 18.0. The van der Waals surface area contributed by atoms with Crippen molar-refractivity contribution in [3.8, 4) is 0 Å². The van der Waals surface area contributed by atoms with E-state index in [1.807, 2.05) is 42.5 Å². The van der Waals surface area contributed by atoms with Crippen LogP contribution >= 0.6 is 0 Å². The molecule has 0 spiro atoms. The molecule has 3 aromatic rings. The molecule has 4 rings (SSSR count). The van der Waals surface area contributed by atoms with Crippen LogP contribution in [0.25, 0.3) is 10.9 Å². The van der Waals surface area contributed by atoms with Crippen molar-refractivity contribution >= 4 is 22.5 Å². The molecule has 126 valence electrons. The molecule has 1 N–H and O–H groups in total. The Morgan fingerprint density at radius 2 is 1.92 bits per heavy atom. The topological polar surface area (TPSA) is 42.0 Å². The average Bonchev–Trinajstić information content (AvgIpc) is 2.66. The number of aryl methyl sites for hydroxylation is 2. The number of carbonyl (C=O) groups excluding carboxylic acids is 1. The van der Waals surface area contributed by atoms with Crippen LogP contribution < -0.4 is 5.32 Å². The summed E-state index contributed by atoms with van der Waals surface area (Å²) in [7, 11) is 0. The number of amides is 1. The SMILES string of the molecule is CCc1cccc(NC(=O)c2c3c(nc4ccccc24)CCCC3)c1. The molecule has 25 heavy (non-hydrogen) atoms. The lowest BCUT2D eigenvalue weighted by Gasteiger charge is -2.20. The third-order valence-corrected chi connectivity index (χ3v) is 4.99. The second kappa shape index (κ2) is 6.67. The Bertz CT molecular complexity index is 946. The fourth-order valence-corrected chi connectivity index (χ4v) is 3.69. The third kappa shape index (κ3) is 3.02. The zero-order valence-corrected chi connectivity index (χ0v) is 14.5. The fourth-order valence-electron chi connectivity index (χ4n) is 3.69. The first-order valence-electron chi connectivity index (χ1n) is 9.07. The lowest BCUT2D eigenvalue weighted by atomic mass is 9.89. The van der Waals surface area contributed by atoms with E-state index in [0.717, 1.165) is 65.5 Å². The lowest BCUT2D eigenvalue weighted by molar-refractivity contribution is 0.102. The average molecular weight is 330 g/mol. The van der Waals surface area contributed by atoms with E-state index in [1.165, 1.54) is 5.56 Å². The molecule has 3 nitrogen and oxygen atoms in total. The molecule has 0 atom stereocenters. The van der Waals surface area contributed by atoms with Gasteiger partial charge in [-0.05, 0) is 61.4 Å². The summed E-state index contributed by atoms with van der Waals surface area (Å²) < 4.78 is 0. The molecule has 0 fully saturated rings. The summed E-state index contributed by atoms with van der Waals surface area (Å²) in [5.74, 6) is -0.0231. The molecule has 0 radical (unpaired) electrons. The highest BCUT2D eigenvalue weighted by Gasteiger charge is 2.22. The Balaban J connectivity index is 1.80. The van der Waals surface area contributed by atoms with Gasteiger partial charge in [-0.2, -0.15) is 0 Å². The van der Waals surface area contributed by atoms with Crippen molar-refractivity contribution in [2.24, 2.45) is 0 Å². The van der Waals surface area contributed by atoms with Crippen molar-refractivity contribution < 1.29 is 4.79 Å². The van der Waals surface area contributed by atoms with Gasteiger partial charge in [-0.15, -0.1) is 0 Å². The summed E-state index contributed by atoms with van der Waals surface area (Å²) >= 11 is 0. The second-order valence-corrected chi connectivity index (χ2v) is 6.64. The maximum absolute atomic E-state index is 13.2. The zero-order valence-electron chi connectivity index (χ0n) is 14.5. The molecule has 1 heterocycles. The van der Waals surface area contributed by atoms with Crippen LogP contribution in [-0.4, -0.2) is 10.9 Å². The van der Waals surface area contributed by atoms with Gasteiger partial charge in [0.1, 0.15) is 0 Å². The van der Waals surface area contributed by atoms with Gasteiger partial charge in [-0.1, -0.05) is 37.3 Å². The number of hydrogen-bond acceptors (Lipinski definition) is 2. The molecule has 1 aliphatic carbocycles. The smallest absolute Gasteiger partial charge is 0.256 e. The summed E-state index contributed by atoms with van der Waals surface area (Å²) in [6, 6.07) is 16.0. The molecule has 2 aromatic carbocycles. The molecule has 0 aliphatic heterocycles. The predicted molar refractivity (Wildman–Crippen MR) is 102 cm³/mol. The maximum atomic E-state index is 13.2. The number of hydrogen-bond donors (Lipinski definition) is 1. The van der Waals surface area contributed by atoms with Crippen LogP contribution in [0.5, 0.6) is 0 Å². The highest BCUT2D eigenvalue weighted by molar-refractivity contribution is 6.13. The van der Waals surface area contributed by atoms with Crippen molar-refractivity contribution in [2.45, 2.75) is 39.0 Å². The van der Waals surface area contributed by atoms with Gasteiger partial charge in [0.05, 0.1) is 11.1 Å². The molecular weight excluding hydrogens is 308 g/mol. The fraction of sp³-hybridized carbons (Fsp3) is 0.273. The number of nitrogens with one attached hydrogen (secondary N) is 1. The van der Waals surface area contributed by atoms with E-state index in [9.17, 15) is 4.79 Å². The van der Waals surface area contributed by atoms with Gasteiger partial charge >= 0.3 is 0 Å². The predicted octanol–water partition coefficient (Wildman–Crippen LogP) is 4.93. The first-order valence-corrected chi connectivity index (χ1v) is 9.07. The van der Waals surface area contributed by atoms with Crippen LogP contribution in [0, 0.1) is 0 Å². The summed E-state index contributed by atoms with van der Waals surface area (Å²) in [5, 5.41) is 4.06. The van der Waals surface area contributed by atoms with Crippen LogP contribution in [0.15, 0.2) is 48.5 Å². The number of rotatable bonds is 3. The van der Waals surface area contributed by atoms with E-state index in [4.69, 9.17) is 4.98 Å². The van der Waals surface area contributed by atoms with Gasteiger partial charge in [-0.25, -0.2) is 0 Å². The van der Waals surface area contributed by atoms with E-state index in [-0.39, 0.29) is 5.91 Å². The van der Waals surface area contributed by atoms with Crippen LogP contribution in [0.2, 0.25) is 0 Å². The Labute approximate surface area is 148 Å². The van der Waals surface area contributed by atoms with Gasteiger partial charge in [0.2, 0.25) is 0 Å². The quantitative estimate of drug-likeness (QED) is 0.740. The number of fused-ring (bicyclic) bond motifs is 2. The summed E-state index contributed by atoms with van der Waals surface area (Å²) in [6.07, 6.45) is 5.13. The minimum Gasteiger partial charge on any atom is -0.322 e. The normalized spacial score (nSPS) is 13.5. The van der Waals surface area contributed by atoms with Crippen molar-refractivity contribution in [3.63, 3.8) is 0 Å². The molecule has 3 heteroatoms. The number of benzene rings is 2. The van der Waals surface area contributed by atoms with Crippen LogP contribution in [0.4, 0.5) is 5.69 Å². The Kier molecular flexibility index (Phi) is 4.22. The number of carbonyl (C=O) groups is 1. The van der Waals surface area contributed by atoms with E-state index in [0.29, 0.717) is 0 Å². The highest BCUT2D eigenvalue weighted by atomic mass is 16.1. The number of nitrogens with zero attached hydrogens (tertiary/aromatic N) is 1. The number of pyridine rings is 1.